The number of hydrogen-bond donors (Lipinski definition) is 1. The Labute approximate surface area is 214 Å². The lowest BCUT2D eigenvalue weighted by atomic mass is 9.71. The average molecular weight is 516 g/mol. The summed E-state index contributed by atoms with van der Waals surface area (Å²) in [5.41, 5.74) is 3.96. The lowest BCUT2D eigenvalue weighted by Gasteiger charge is -2.37. The summed E-state index contributed by atoms with van der Waals surface area (Å²) in [4.78, 5) is 26.7. The number of esters is 1. The van der Waals surface area contributed by atoms with Crippen LogP contribution in [0.4, 0.5) is 0 Å². The lowest BCUT2D eigenvalue weighted by Crippen LogP contribution is -2.36. The largest absolute Gasteiger partial charge is 0.493 e. The number of hydrogen-bond acceptors (Lipinski definition) is 6. The van der Waals surface area contributed by atoms with E-state index in [0.29, 0.717) is 50.4 Å². The van der Waals surface area contributed by atoms with Crippen molar-refractivity contribution < 1.29 is 23.8 Å². The van der Waals surface area contributed by atoms with Gasteiger partial charge in [0.15, 0.2) is 17.3 Å². The van der Waals surface area contributed by atoms with Crippen molar-refractivity contribution in [2.75, 3.05) is 20.8 Å². The quantitative estimate of drug-likeness (QED) is 0.480. The molecule has 0 saturated carbocycles. The van der Waals surface area contributed by atoms with E-state index in [1.807, 2.05) is 25.1 Å². The van der Waals surface area contributed by atoms with E-state index in [-0.39, 0.29) is 24.7 Å². The minimum Gasteiger partial charge on any atom is -0.493 e. The number of dihydropyridines is 1. The molecule has 2 aromatic carbocycles. The Kier molecular flexibility index (Phi) is 7.43. The predicted octanol–water partition coefficient (Wildman–Crippen LogP) is 5.94. The Morgan fingerprint density at radius 1 is 1.06 bits per heavy atom. The van der Waals surface area contributed by atoms with Gasteiger partial charge in [-0.2, -0.15) is 0 Å². The molecule has 1 aliphatic carbocycles. The summed E-state index contributed by atoms with van der Waals surface area (Å²) in [7, 11) is 3.17. The molecule has 4 rings (SSSR count). The number of allylic oxidation sites excluding steroid dienone is 3. The molecular formula is C27H27Cl2NO5. The number of rotatable bonds is 6. The fourth-order valence-electron chi connectivity index (χ4n) is 4.91. The second kappa shape index (κ2) is 10.3. The monoisotopic (exact) mass is 515 g/mol. The number of carbonyl (C=O) groups is 2. The first-order chi connectivity index (χ1) is 16.8. The molecule has 184 valence electrons. The molecule has 0 spiro atoms. The van der Waals surface area contributed by atoms with E-state index in [9.17, 15) is 9.59 Å². The zero-order valence-corrected chi connectivity index (χ0v) is 21.5. The van der Waals surface area contributed by atoms with Crippen molar-refractivity contribution in [3.63, 3.8) is 0 Å². The van der Waals surface area contributed by atoms with Crippen LogP contribution in [-0.4, -0.2) is 32.6 Å². The van der Waals surface area contributed by atoms with Crippen molar-refractivity contribution in [2.24, 2.45) is 0 Å². The normalized spacial score (nSPS) is 19.8. The van der Waals surface area contributed by atoms with E-state index in [4.69, 9.17) is 37.4 Å². The second-order valence-corrected chi connectivity index (χ2v) is 9.36. The van der Waals surface area contributed by atoms with Crippen molar-refractivity contribution in [3.05, 3.63) is 80.1 Å². The number of nitrogens with one attached hydrogen (secondary N) is 1. The fraction of sp³-hybridized carbons (Fsp3) is 0.333. The van der Waals surface area contributed by atoms with Crippen molar-refractivity contribution >= 4 is 35.0 Å². The summed E-state index contributed by atoms with van der Waals surface area (Å²) >= 11 is 12.7. The van der Waals surface area contributed by atoms with Gasteiger partial charge in [0.25, 0.3) is 0 Å². The Hall–Kier alpha value is -2.96. The molecule has 1 heterocycles. The molecule has 35 heavy (non-hydrogen) atoms. The Balaban J connectivity index is 1.80. The van der Waals surface area contributed by atoms with Crippen LogP contribution in [0.2, 0.25) is 10.0 Å². The molecule has 2 atom stereocenters. The number of ether oxygens (including phenoxy) is 3. The summed E-state index contributed by atoms with van der Waals surface area (Å²) in [5.74, 6) is 0.00389. The maximum atomic E-state index is 13.7. The van der Waals surface area contributed by atoms with Crippen molar-refractivity contribution in [3.8, 4) is 11.5 Å². The first-order valence-corrected chi connectivity index (χ1v) is 12.1. The number of carbonyl (C=O) groups excluding carboxylic acids is 2. The maximum Gasteiger partial charge on any atom is 0.336 e. The third-order valence-corrected chi connectivity index (χ3v) is 7.04. The molecule has 1 aliphatic heterocycles. The highest BCUT2D eigenvalue weighted by molar-refractivity contribution is 6.35. The predicted molar refractivity (Wildman–Crippen MR) is 135 cm³/mol. The second-order valence-electron chi connectivity index (χ2n) is 8.52. The minimum absolute atomic E-state index is 0.0520. The summed E-state index contributed by atoms with van der Waals surface area (Å²) in [6, 6.07) is 10.8. The highest BCUT2D eigenvalue weighted by atomic mass is 35.5. The number of ketones is 1. The van der Waals surface area contributed by atoms with Gasteiger partial charge < -0.3 is 19.5 Å². The smallest absolute Gasteiger partial charge is 0.336 e. The van der Waals surface area contributed by atoms with Gasteiger partial charge in [-0.3, -0.25) is 4.79 Å². The van der Waals surface area contributed by atoms with Crippen molar-refractivity contribution in [1.29, 1.82) is 0 Å². The molecular weight excluding hydrogens is 489 g/mol. The SMILES string of the molecule is CCOC(=O)C1=C(C)NC2=C(C(=O)C[C@@H](c3ccc(OC)c(OC)c3)C2)[C@@H]1c1ccc(Cl)cc1Cl. The van der Waals surface area contributed by atoms with Gasteiger partial charge in [-0.1, -0.05) is 35.3 Å². The summed E-state index contributed by atoms with van der Waals surface area (Å²) < 4.78 is 16.2. The van der Waals surface area contributed by atoms with E-state index < -0.39 is 11.9 Å². The van der Waals surface area contributed by atoms with Gasteiger partial charge >= 0.3 is 5.97 Å². The van der Waals surface area contributed by atoms with E-state index in [1.165, 1.54) is 0 Å². The minimum atomic E-state index is -0.645. The third kappa shape index (κ3) is 4.78. The third-order valence-electron chi connectivity index (χ3n) is 6.48. The number of benzene rings is 2. The van der Waals surface area contributed by atoms with Crippen LogP contribution in [0, 0.1) is 0 Å². The van der Waals surface area contributed by atoms with Gasteiger partial charge in [-0.25, -0.2) is 4.79 Å². The van der Waals surface area contributed by atoms with E-state index >= 15 is 0 Å². The van der Waals surface area contributed by atoms with E-state index in [1.54, 1.807) is 39.3 Å². The van der Waals surface area contributed by atoms with Crippen LogP contribution in [-0.2, 0) is 14.3 Å². The van der Waals surface area contributed by atoms with Gasteiger partial charge in [0.2, 0.25) is 0 Å². The van der Waals surface area contributed by atoms with Gasteiger partial charge in [0.05, 0.1) is 26.4 Å². The number of Topliss-reactive ketones (excluding diaryl/α,β-unsaturated/α-hetero) is 1. The van der Waals surface area contributed by atoms with Crippen LogP contribution >= 0.6 is 23.2 Å². The Morgan fingerprint density at radius 3 is 2.46 bits per heavy atom. The van der Waals surface area contributed by atoms with Crippen molar-refractivity contribution in [2.45, 2.75) is 38.5 Å². The Bertz CT molecular complexity index is 1250. The van der Waals surface area contributed by atoms with Gasteiger partial charge in [0, 0.05) is 39.4 Å². The van der Waals surface area contributed by atoms with E-state index in [0.717, 1.165) is 11.3 Å². The molecule has 8 heteroatoms. The van der Waals surface area contributed by atoms with Gasteiger partial charge in [0.1, 0.15) is 0 Å². The van der Waals surface area contributed by atoms with Gasteiger partial charge in [-0.05, 0) is 61.6 Å². The van der Waals surface area contributed by atoms with Gasteiger partial charge in [-0.15, -0.1) is 0 Å². The van der Waals surface area contributed by atoms with Crippen LogP contribution in [0.3, 0.4) is 0 Å². The zero-order valence-electron chi connectivity index (χ0n) is 20.0. The van der Waals surface area contributed by atoms with Crippen LogP contribution < -0.4 is 14.8 Å². The van der Waals surface area contributed by atoms with E-state index in [2.05, 4.69) is 5.32 Å². The lowest BCUT2D eigenvalue weighted by molar-refractivity contribution is -0.138. The topological polar surface area (TPSA) is 73.9 Å². The fourth-order valence-corrected chi connectivity index (χ4v) is 5.43. The molecule has 0 unspecified atom stereocenters. The maximum absolute atomic E-state index is 13.7. The van der Waals surface area contributed by atoms with Crippen LogP contribution in [0.1, 0.15) is 49.7 Å². The number of methoxy groups -OCH3 is 2. The summed E-state index contributed by atoms with van der Waals surface area (Å²) in [6.07, 6.45) is 0.874. The van der Waals surface area contributed by atoms with Crippen LogP contribution in [0.25, 0.3) is 0 Å². The summed E-state index contributed by atoms with van der Waals surface area (Å²) in [5, 5.41) is 4.20. The highest BCUT2D eigenvalue weighted by Crippen LogP contribution is 2.48. The molecule has 0 saturated heterocycles. The highest BCUT2D eigenvalue weighted by Gasteiger charge is 2.42. The molecule has 2 aliphatic rings. The molecule has 0 radical (unpaired) electrons. The first kappa shape index (κ1) is 25.1. The molecule has 0 aromatic heterocycles. The average Bonchev–Trinajstić information content (AvgIpc) is 2.82. The Morgan fingerprint density at radius 2 is 1.80 bits per heavy atom. The molecule has 1 N–H and O–H groups in total. The first-order valence-electron chi connectivity index (χ1n) is 11.4. The van der Waals surface area contributed by atoms with Crippen LogP contribution in [0.15, 0.2) is 58.9 Å². The van der Waals surface area contributed by atoms with Crippen LogP contribution in [0.5, 0.6) is 11.5 Å². The number of halogens is 2. The molecule has 6 nitrogen and oxygen atoms in total. The van der Waals surface area contributed by atoms with Crippen molar-refractivity contribution in [1.82, 2.24) is 5.32 Å². The zero-order chi connectivity index (χ0) is 25.3. The summed E-state index contributed by atoms with van der Waals surface area (Å²) in [6.45, 7) is 3.79. The molecule has 0 amide bonds. The molecule has 2 aromatic rings. The molecule has 0 bridgehead atoms. The standard InChI is InChI=1S/C27H27Cl2NO5/c1-5-35-27(32)24-14(2)30-20-10-16(15-6-9-22(33-3)23(12-15)34-4)11-21(31)26(20)25(24)18-8-7-17(28)13-19(18)29/h6-9,12-13,16,25,30H,5,10-11H2,1-4H3/t16-,25+/m0/s1. The molecule has 0 fully saturated rings.